The quantitative estimate of drug-likeness (QED) is 0.846. The standard InChI is InChI=1S/C15H20N4O2/c1-3-4-5-21-12-6-11-7-17-18-14(13(11)16-8-12)19-9-15(2,20)10-19/h6-8,20H,3-5,9-10H2,1-2H3. The number of unbranched alkanes of at least 4 members (excludes halogenated alkanes) is 1. The zero-order valence-corrected chi connectivity index (χ0v) is 12.4. The summed E-state index contributed by atoms with van der Waals surface area (Å²) >= 11 is 0. The van der Waals surface area contributed by atoms with Crippen LogP contribution in [0.2, 0.25) is 0 Å². The van der Waals surface area contributed by atoms with Crippen LogP contribution in [-0.4, -0.2) is 45.6 Å². The molecule has 0 atom stereocenters. The molecule has 1 aliphatic heterocycles. The van der Waals surface area contributed by atoms with E-state index in [0.717, 1.165) is 35.3 Å². The lowest BCUT2D eigenvalue weighted by molar-refractivity contribution is 0.0306. The predicted molar refractivity (Wildman–Crippen MR) is 80.6 cm³/mol. The number of β-amino-alcohol motifs (C(OH)–C–C–N with tert-alkyl or cyclic N) is 1. The fraction of sp³-hybridized carbons (Fsp3) is 0.533. The van der Waals surface area contributed by atoms with E-state index in [4.69, 9.17) is 4.74 Å². The van der Waals surface area contributed by atoms with Crippen LogP contribution in [0, 0.1) is 0 Å². The van der Waals surface area contributed by atoms with E-state index >= 15 is 0 Å². The van der Waals surface area contributed by atoms with Crippen LogP contribution in [0.4, 0.5) is 5.82 Å². The summed E-state index contributed by atoms with van der Waals surface area (Å²) in [6.45, 7) is 5.75. The van der Waals surface area contributed by atoms with E-state index in [-0.39, 0.29) is 0 Å². The molecule has 1 fully saturated rings. The molecule has 0 bridgehead atoms. The van der Waals surface area contributed by atoms with Crippen LogP contribution in [-0.2, 0) is 0 Å². The molecule has 6 heteroatoms. The van der Waals surface area contributed by atoms with Gasteiger partial charge in [-0.1, -0.05) is 13.3 Å². The summed E-state index contributed by atoms with van der Waals surface area (Å²) in [5.74, 6) is 1.48. The minimum atomic E-state index is -0.646. The molecule has 0 radical (unpaired) electrons. The Hall–Kier alpha value is -1.95. The van der Waals surface area contributed by atoms with Gasteiger partial charge in [-0.2, -0.15) is 5.10 Å². The average molecular weight is 288 g/mol. The lowest BCUT2D eigenvalue weighted by Gasteiger charge is -2.44. The Balaban J connectivity index is 1.83. The van der Waals surface area contributed by atoms with E-state index in [1.54, 1.807) is 12.4 Å². The van der Waals surface area contributed by atoms with Gasteiger partial charge in [0.15, 0.2) is 5.82 Å². The smallest absolute Gasteiger partial charge is 0.178 e. The second-order valence-corrected chi connectivity index (χ2v) is 5.83. The summed E-state index contributed by atoms with van der Waals surface area (Å²) in [5, 5.41) is 18.9. The maximum atomic E-state index is 9.85. The highest BCUT2D eigenvalue weighted by Gasteiger charge is 2.38. The largest absolute Gasteiger partial charge is 0.492 e. The molecule has 0 amide bonds. The van der Waals surface area contributed by atoms with Crippen molar-refractivity contribution in [1.82, 2.24) is 15.2 Å². The van der Waals surface area contributed by atoms with Crippen molar-refractivity contribution in [3.8, 4) is 5.75 Å². The predicted octanol–water partition coefficient (Wildman–Crippen LogP) is 1.77. The topological polar surface area (TPSA) is 71.4 Å². The van der Waals surface area contributed by atoms with Crippen LogP contribution in [0.25, 0.3) is 10.9 Å². The third-order valence-electron chi connectivity index (χ3n) is 3.58. The zero-order valence-electron chi connectivity index (χ0n) is 12.4. The maximum Gasteiger partial charge on any atom is 0.178 e. The van der Waals surface area contributed by atoms with E-state index in [2.05, 4.69) is 22.1 Å². The molecule has 21 heavy (non-hydrogen) atoms. The highest BCUT2D eigenvalue weighted by Crippen LogP contribution is 2.30. The van der Waals surface area contributed by atoms with Crippen molar-refractivity contribution in [2.45, 2.75) is 32.3 Å². The van der Waals surface area contributed by atoms with E-state index < -0.39 is 5.60 Å². The van der Waals surface area contributed by atoms with Gasteiger partial charge in [0, 0.05) is 18.5 Å². The molecule has 112 valence electrons. The third kappa shape index (κ3) is 2.90. The van der Waals surface area contributed by atoms with E-state index in [1.807, 2.05) is 17.9 Å². The Kier molecular flexibility index (Phi) is 3.63. The lowest BCUT2D eigenvalue weighted by Crippen LogP contribution is -2.60. The van der Waals surface area contributed by atoms with Crippen molar-refractivity contribution < 1.29 is 9.84 Å². The average Bonchev–Trinajstić information content (AvgIpc) is 2.44. The van der Waals surface area contributed by atoms with Crippen molar-refractivity contribution >= 4 is 16.7 Å². The molecule has 1 N–H and O–H groups in total. The molecule has 0 aromatic carbocycles. The van der Waals surface area contributed by atoms with Crippen LogP contribution in [0.15, 0.2) is 18.5 Å². The summed E-state index contributed by atoms with van der Waals surface area (Å²) in [4.78, 5) is 6.45. The molecule has 6 nitrogen and oxygen atoms in total. The maximum absolute atomic E-state index is 9.85. The molecule has 1 aliphatic rings. The summed E-state index contributed by atoms with van der Waals surface area (Å²) in [6, 6.07) is 1.94. The van der Waals surface area contributed by atoms with Gasteiger partial charge in [-0.25, -0.2) is 4.98 Å². The molecule has 1 saturated heterocycles. The molecule has 2 aromatic rings. The molecular weight excluding hydrogens is 268 g/mol. The molecule has 0 spiro atoms. The van der Waals surface area contributed by atoms with Gasteiger partial charge < -0.3 is 14.7 Å². The molecule has 3 rings (SSSR count). The van der Waals surface area contributed by atoms with Crippen LogP contribution in [0.5, 0.6) is 5.75 Å². The minimum Gasteiger partial charge on any atom is -0.492 e. The number of rotatable bonds is 5. The van der Waals surface area contributed by atoms with Gasteiger partial charge in [-0.05, 0) is 19.4 Å². The van der Waals surface area contributed by atoms with Gasteiger partial charge in [-0.15, -0.1) is 5.10 Å². The Labute approximate surface area is 123 Å². The molecule has 0 saturated carbocycles. The monoisotopic (exact) mass is 288 g/mol. The number of ether oxygens (including phenoxy) is 1. The minimum absolute atomic E-state index is 0.553. The highest BCUT2D eigenvalue weighted by molar-refractivity contribution is 5.88. The SMILES string of the molecule is CCCCOc1cnc2c(N3CC(C)(O)C3)nncc2c1. The van der Waals surface area contributed by atoms with Crippen LogP contribution < -0.4 is 9.64 Å². The van der Waals surface area contributed by atoms with Gasteiger partial charge >= 0.3 is 0 Å². The van der Waals surface area contributed by atoms with Crippen molar-refractivity contribution in [2.24, 2.45) is 0 Å². The third-order valence-corrected chi connectivity index (χ3v) is 3.58. The zero-order chi connectivity index (χ0) is 14.9. The summed E-state index contributed by atoms with van der Waals surface area (Å²) in [6.07, 6.45) is 5.55. The Morgan fingerprint density at radius 2 is 2.19 bits per heavy atom. The summed E-state index contributed by atoms with van der Waals surface area (Å²) < 4.78 is 5.66. The van der Waals surface area contributed by atoms with Crippen molar-refractivity contribution in [1.29, 1.82) is 0 Å². The molecule has 0 aliphatic carbocycles. The van der Waals surface area contributed by atoms with Gasteiger partial charge in [0.25, 0.3) is 0 Å². The summed E-state index contributed by atoms with van der Waals surface area (Å²) in [7, 11) is 0. The first kappa shape index (κ1) is 14.0. The number of pyridine rings is 1. The first-order valence-corrected chi connectivity index (χ1v) is 7.30. The Morgan fingerprint density at radius 1 is 1.38 bits per heavy atom. The van der Waals surface area contributed by atoms with E-state index in [9.17, 15) is 5.11 Å². The lowest BCUT2D eigenvalue weighted by atomic mass is 9.97. The molecular formula is C15H20N4O2. The molecule has 0 unspecified atom stereocenters. The van der Waals surface area contributed by atoms with Crippen LogP contribution in [0.3, 0.4) is 0 Å². The fourth-order valence-electron chi connectivity index (χ4n) is 2.49. The summed E-state index contributed by atoms with van der Waals surface area (Å²) in [5.41, 5.74) is 0.149. The number of aromatic nitrogens is 3. The Bertz CT molecular complexity index is 637. The number of fused-ring (bicyclic) bond motifs is 1. The molecule has 3 heterocycles. The second-order valence-electron chi connectivity index (χ2n) is 5.83. The van der Waals surface area contributed by atoms with Crippen molar-refractivity contribution in [3.05, 3.63) is 18.5 Å². The van der Waals surface area contributed by atoms with Gasteiger partial charge in [0.2, 0.25) is 0 Å². The van der Waals surface area contributed by atoms with Crippen LogP contribution >= 0.6 is 0 Å². The first-order chi connectivity index (χ1) is 10.1. The van der Waals surface area contributed by atoms with E-state index in [0.29, 0.717) is 19.7 Å². The second kappa shape index (κ2) is 5.44. The van der Waals surface area contributed by atoms with Crippen molar-refractivity contribution in [2.75, 3.05) is 24.6 Å². The van der Waals surface area contributed by atoms with Gasteiger partial charge in [0.1, 0.15) is 11.3 Å². The number of nitrogens with zero attached hydrogens (tertiary/aromatic N) is 4. The van der Waals surface area contributed by atoms with Crippen molar-refractivity contribution in [3.63, 3.8) is 0 Å². The number of anilines is 1. The van der Waals surface area contributed by atoms with Gasteiger partial charge in [-0.3, -0.25) is 0 Å². The number of hydrogen-bond acceptors (Lipinski definition) is 6. The van der Waals surface area contributed by atoms with Gasteiger partial charge in [0.05, 0.1) is 24.6 Å². The number of hydrogen-bond donors (Lipinski definition) is 1. The molecule has 2 aromatic heterocycles. The Morgan fingerprint density at radius 3 is 2.90 bits per heavy atom. The number of aliphatic hydroxyl groups is 1. The normalized spacial score (nSPS) is 16.8. The first-order valence-electron chi connectivity index (χ1n) is 7.30. The highest BCUT2D eigenvalue weighted by atomic mass is 16.5. The van der Waals surface area contributed by atoms with E-state index in [1.165, 1.54) is 0 Å². The van der Waals surface area contributed by atoms with Crippen LogP contribution in [0.1, 0.15) is 26.7 Å². The fourth-order valence-corrected chi connectivity index (χ4v) is 2.49.